The highest BCUT2D eigenvalue weighted by Crippen LogP contribution is 2.45. The molecule has 2 atom stereocenters. The number of hydrogen-bond donors (Lipinski definition) is 1. The van der Waals surface area contributed by atoms with Crippen molar-refractivity contribution in [3.05, 3.63) is 34.3 Å². The Morgan fingerprint density at radius 3 is 2.35 bits per heavy atom. The molecule has 1 aromatic carbocycles. The number of halogens is 1. The minimum absolute atomic E-state index is 0.275. The second-order valence-corrected chi connectivity index (χ2v) is 7.83. The van der Waals surface area contributed by atoms with E-state index in [1.54, 1.807) is 0 Å². The predicted molar refractivity (Wildman–Crippen MR) is 86.0 cm³/mol. The first kappa shape index (κ1) is 14.6. The molecule has 2 nitrogen and oxygen atoms in total. The monoisotopic (exact) mass is 337 g/mol. The van der Waals surface area contributed by atoms with E-state index in [-0.39, 0.29) is 5.41 Å². The molecule has 0 aliphatic heterocycles. The molecule has 2 fully saturated rings. The van der Waals surface area contributed by atoms with Crippen LogP contribution in [0, 0.1) is 5.41 Å². The number of hydrogen-bond acceptors (Lipinski definition) is 2. The quantitative estimate of drug-likeness (QED) is 0.893. The van der Waals surface area contributed by atoms with Crippen molar-refractivity contribution in [3.8, 4) is 0 Å². The highest BCUT2D eigenvalue weighted by Gasteiger charge is 2.49. The summed E-state index contributed by atoms with van der Waals surface area (Å²) in [6, 6.07) is 10.1. The summed E-state index contributed by atoms with van der Waals surface area (Å²) in [6.45, 7) is 4.63. The average molecular weight is 338 g/mol. The summed E-state index contributed by atoms with van der Waals surface area (Å²) in [6.07, 6.45) is 4.11. The normalized spacial score (nSPS) is 35.2. The predicted octanol–water partition coefficient (Wildman–Crippen LogP) is 4.10. The van der Waals surface area contributed by atoms with Crippen LogP contribution in [0.4, 0.5) is 0 Å². The molecule has 20 heavy (non-hydrogen) atoms. The molecular weight excluding hydrogens is 314 g/mol. The van der Waals surface area contributed by atoms with Gasteiger partial charge in [-0.15, -0.1) is 0 Å². The van der Waals surface area contributed by atoms with Gasteiger partial charge in [0.1, 0.15) is 0 Å². The lowest BCUT2D eigenvalue weighted by atomic mass is 9.63. The van der Waals surface area contributed by atoms with E-state index >= 15 is 0 Å². The minimum atomic E-state index is 0.275. The zero-order valence-corrected chi connectivity index (χ0v) is 14.1. The van der Waals surface area contributed by atoms with Crippen molar-refractivity contribution >= 4 is 15.9 Å². The maximum Gasteiger partial charge on any atom is 0.0652 e. The van der Waals surface area contributed by atoms with E-state index < -0.39 is 0 Å². The number of benzene rings is 1. The third-order valence-electron chi connectivity index (χ3n) is 5.38. The molecule has 110 valence electrons. The first-order valence-electron chi connectivity index (χ1n) is 7.55. The molecule has 0 heterocycles. The van der Waals surface area contributed by atoms with Gasteiger partial charge in [-0.3, -0.25) is 0 Å². The van der Waals surface area contributed by atoms with Crippen LogP contribution in [-0.4, -0.2) is 25.3 Å². The Morgan fingerprint density at radius 1 is 1.15 bits per heavy atom. The van der Waals surface area contributed by atoms with Gasteiger partial charge in [0.15, 0.2) is 0 Å². The minimum Gasteiger partial charge on any atom is -0.381 e. The molecule has 0 radical (unpaired) electrons. The van der Waals surface area contributed by atoms with Crippen LogP contribution in [0.2, 0.25) is 0 Å². The van der Waals surface area contributed by atoms with Crippen LogP contribution in [0.3, 0.4) is 0 Å². The smallest absolute Gasteiger partial charge is 0.0652 e. The Balaban J connectivity index is 1.48. The number of methoxy groups -OCH3 is 1. The van der Waals surface area contributed by atoms with Crippen LogP contribution in [-0.2, 0) is 4.74 Å². The van der Waals surface area contributed by atoms with Gasteiger partial charge in [0, 0.05) is 29.1 Å². The Kier molecular flexibility index (Phi) is 3.95. The molecule has 0 bridgehead atoms. The van der Waals surface area contributed by atoms with Gasteiger partial charge >= 0.3 is 0 Å². The maximum absolute atomic E-state index is 5.52. The van der Waals surface area contributed by atoms with E-state index in [9.17, 15) is 0 Å². The Labute approximate surface area is 130 Å². The van der Waals surface area contributed by atoms with E-state index in [0.717, 1.165) is 16.8 Å². The van der Waals surface area contributed by atoms with E-state index in [2.05, 4.69) is 59.4 Å². The Hall–Kier alpha value is -0.380. The lowest BCUT2D eigenvalue weighted by Crippen LogP contribution is -2.63. The fraction of sp³-hybridized carbons (Fsp3) is 0.647. The van der Waals surface area contributed by atoms with Gasteiger partial charge in [-0.2, -0.15) is 0 Å². The van der Waals surface area contributed by atoms with E-state index in [4.69, 9.17) is 4.74 Å². The topological polar surface area (TPSA) is 21.3 Å². The highest BCUT2D eigenvalue weighted by molar-refractivity contribution is 9.10. The molecular formula is C17H24BrNO. The second-order valence-electron chi connectivity index (χ2n) is 6.92. The van der Waals surface area contributed by atoms with Crippen LogP contribution in [0.25, 0.3) is 0 Å². The molecule has 1 N–H and O–H groups in total. The van der Waals surface area contributed by atoms with Crippen LogP contribution < -0.4 is 5.32 Å². The number of rotatable bonds is 4. The van der Waals surface area contributed by atoms with Crippen molar-refractivity contribution < 1.29 is 4.74 Å². The fourth-order valence-electron chi connectivity index (χ4n) is 3.61. The van der Waals surface area contributed by atoms with Crippen molar-refractivity contribution in [2.75, 3.05) is 7.11 Å². The van der Waals surface area contributed by atoms with Crippen molar-refractivity contribution in [2.45, 2.75) is 57.2 Å². The van der Waals surface area contributed by atoms with Crippen LogP contribution >= 0.6 is 15.9 Å². The third-order valence-corrected chi connectivity index (χ3v) is 5.91. The standard InChI is InChI=1S/C17H24BrNO/c1-17(2)15(10-16(17)20-3)19-14-8-12(9-14)11-4-6-13(18)7-5-11/h4-7,12,14-16,19H,8-10H2,1-3H3. The van der Waals surface area contributed by atoms with Crippen molar-refractivity contribution in [3.63, 3.8) is 0 Å². The summed E-state index contributed by atoms with van der Waals surface area (Å²) >= 11 is 3.50. The molecule has 0 spiro atoms. The summed E-state index contributed by atoms with van der Waals surface area (Å²) in [7, 11) is 1.83. The van der Waals surface area contributed by atoms with E-state index in [1.807, 2.05) is 7.11 Å². The number of ether oxygens (including phenoxy) is 1. The molecule has 1 aromatic rings. The van der Waals surface area contributed by atoms with Gasteiger partial charge in [-0.1, -0.05) is 41.9 Å². The molecule has 0 aromatic heterocycles. The van der Waals surface area contributed by atoms with Crippen molar-refractivity contribution in [1.29, 1.82) is 0 Å². The lowest BCUT2D eigenvalue weighted by molar-refractivity contribution is -0.103. The SMILES string of the molecule is COC1CC(NC2CC(c3ccc(Br)cc3)C2)C1(C)C. The first-order valence-corrected chi connectivity index (χ1v) is 8.34. The molecule has 2 saturated carbocycles. The van der Waals surface area contributed by atoms with Gasteiger partial charge < -0.3 is 10.1 Å². The van der Waals surface area contributed by atoms with Gasteiger partial charge in [0.25, 0.3) is 0 Å². The summed E-state index contributed by atoms with van der Waals surface area (Å²) in [5, 5.41) is 3.83. The number of nitrogens with one attached hydrogen (secondary N) is 1. The van der Waals surface area contributed by atoms with Crippen LogP contribution in [0.1, 0.15) is 44.6 Å². The summed E-state index contributed by atoms with van der Waals surface area (Å²) in [5.74, 6) is 0.738. The van der Waals surface area contributed by atoms with E-state index in [0.29, 0.717) is 18.2 Å². The maximum atomic E-state index is 5.52. The Morgan fingerprint density at radius 2 is 1.80 bits per heavy atom. The molecule has 3 heteroatoms. The zero-order valence-electron chi connectivity index (χ0n) is 12.5. The van der Waals surface area contributed by atoms with Gasteiger partial charge in [-0.05, 0) is 42.9 Å². The van der Waals surface area contributed by atoms with Gasteiger partial charge in [0.05, 0.1) is 6.10 Å². The molecule has 0 amide bonds. The van der Waals surface area contributed by atoms with Crippen LogP contribution in [0.15, 0.2) is 28.7 Å². The molecule has 0 saturated heterocycles. The third kappa shape index (κ3) is 2.56. The van der Waals surface area contributed by atoms with Gasteiger partial charge in [0.2, 0.25) is 0 Å². The zero-order chi connectivity index (χ0) is 14.3. The van der Waals surface area contributed by atoms with Gasteiger partial charge in [-0.25, -0.2) is 0 Å². The first-order chi connectivity index (χ1) is 9.50. The molecule has 3 rings (SSSR count). The average Bonchev–Trinajstić information content (AvgIpc) is 2.37. The molecule has 2 aliphatic rings. The summed E-state index contributed by atoms with van der Waals surface area (Å²) in [4.78, 5) is 0. The largest absolute Gasteiger partial charge is 0.381 e. The highest BCUT2D eigenvalue weighted by atomic mass is 79.9. The fourth-order valence-corrected chi connectivity index (χ4v) is 3.88. The molecule has 2 unspecified atom stereocenters. The summed E-state index contributed by atoms with van der Waals surface area (Å²) in [5.41, 5.74) is 1.76. The summed E-state index contributed by atoms with van der Waals surface area (Å²) < 4.78 is 6.69. The van der Waals surface area contributed by atoms with E-state index in [1.165, 1.54) is 18.4 Å². The second kappa shape index (κ2) is 5.43. The van der Waals surface area contributed by atoms with Crippen molar-refractivity contribution in [2.24, 2.45) is 5.41 Å². The van der Waals surface area contributed by atoms with Crippen LogP contribution in [0.5, 0.6) is 0 Å². The molecule has 2 aliphatic carbocycles. The Bertz CT molecular complexity index is 464. The van der Waals surface area contributed by atoms with Crippen molar-refractivity contribution in [1.82, 2.24) is 5.32 Å². The lowest BCUT2D eigenvalue weighted by Gasteiger charge is -2.54.